The lowest BCUT2D eigenvalue weighted by Gasteiger charge is -2.19. The van der Waals surface area contributed by atoms with E-state index in [1.807, 2.05) is 0 Å². The Morgan fingerprint density at radius 3 is 2.86 bits per heavy atom. The van der Waals surface area contributed by atoms with Crippen LogP contribution >= 0.6 is 11.3 Å². The van der Waals surface area contributed by atoms with Gasteiger partial charge in [0.2, 0.25) is 0 Å². The Hall–Kier alpha value is -2.26. The molecule has 2 N–H and O–H groups in total. The molecule has 9 heteroatoms. The largest absolute Gasteiger partial charge is 0.479 e. The van der Waals surface area contributed by atoms with Gasteiger partial charge in [-0.2, -0.15) is 5.10 Å². The third-order valence-corrected chi connectivity index (χ3v) is 3.81. The third kappa shape index (κ3) is 3.31. The molecule has 2 heterocycles. The average Bonchev–Trinajstić information content (AvgIpc) is 3.08. The molecule has 1 amide bonds. The zero-order valence-corrected chi connectivity index (χ0v) is 13.2. The number of amides is 1. The van der Waals surface area contributed by atoms with Gasteiger partial charge < -0.3 is 15.2 Å². The first-order valence-electron chi connectivity index (χ1n) is 6.38. The molecular weight excluding hydrogens is 308 g/mol. The van der Waals surface area contributed by atoms with Crippen molar-refractivity contribution in [1.82, 2.24) is 14.8 Å². The summed E-state index contributed by atoms with van der Waals surface area (Å²) in [7, 11) is 1.56. The maximum atomic E-state index is 12.1. The summed E-state index contributed by atoms with van der Waals surface area (Å²) in [5.41, 5.74) is -0.516. The van der Waals surface area contributed by atoms with Crippen molar-refractivity contribution in [2.45, 2.75) is 26.0 Å². The molecule has 2 aromatic heterocycles. The van der Waals surface area contributed by atoms with Gasteiger partial charge in [-0.3, -0.25) is 9.48 Å². The van der Waals surface area contributed by atoms with Gasteiger partial charge in [-0.15, -0.1) is 11.3 Å². The third-order valence-electron chi connectivity index (χ3n) is 2.99. The molecule has 0 spiro atoms. The molecule has 8 nitrogen and oxygen atoms in total. The number of nitrogens with one attached hydrogen (secondary N) is 1. The van der Waals surface area contributed by atoms with Crippen LogP contribution in [0.25, 0.3) is 0 Å². The van der Waals surface area contributed by atoms with Crippen molar-refractivity contribution in [2.24, 2.45) is 0 Å². The van der Waals surface area contributed by atoms with E-state index in [2.05, 4.69) is 15.4 Å². The van der Waals surface area contributed by atoms with Gasteiger partial charge in [0.05, 0.1) is 18.5 Å². The number of rotatable bonds is 6. The molecule has 0 aliphatic rings. The maximum absolute atomic E-state index is 12.1. The molecule has 0 aliphatic carbocycles. The van der Waals surface area contributed by atoms with Crippen LogP contribution in [0.1, 0.15) is 29.3 Å². The van der Waals surface area contributed by atoms with Gasteiger partial charge in [0.15, 0.2) is 5.54 Å². The average molecular weight is 324 g/mol. The number of methoxy groups -OCH3 is 1. The summed E-state index contributed by atoms with van der Waals surface area (Å²) in [6, 6.07) is 0. The minimum atomic E-state index is -1.20. The predicted octanol–water partition coefficient (Wildman–Crippen LogP) is 1.56. The highest BCUT2D eigenvalue weighted by molar-refractivity contribution is 7.09. The van der Waals surface area contributed by atoms with Gasteiger partial charge in [-0.1, -0.05) is 0 Å². The summed E-state index contributed by atoms with van der Waals surface area (Å²) in [6.45, 7) is 3.39. The van der Waals surface area contributed by atoms with E-state index in [9.17, 15) is 9.59 Å². The Labute approximate surface area is 130 Å². The summed E-state index contributed by atoms with van der Waals surface area (Å²) < 4.78 is 6.23. The molecule has 0 aliphatic heterocycles. The Morgan fingerprint density at radius 2 is 2.23 bits per heavy atom. The van der Waals surface area contributed by atoms with E-state index in [1.54, 1.807) is 12.5 Å². The molecule has 0 saturated heterocycles. The van der Waals surface area contributed by atoms with E-state index in [0.717, 1.165) is 0 Å². The van der Waals surface area contributed by atoms with Crippen LogP contribution < -0.4 is 5.32 Å². The van der Waals surface area contributed by atoms with Crippen molar-refractivity contribution in [1.29, 1.82) is 0 Å². The van der Waals surface area contributed by atoms with Crippen LogP contribution in [0.15, 0.2) is 17.8 Å². The molecule has 0 bridgehead atoms. The summed E-state index contributed by atoms with van der Waals surface area (Å²) in [6.07, 6.45) is 2.86. The number of aliphatic carboxylic acids is 1. The second kappa shape index (κ2) is 6.24. The standard InChI is InChI=1S/C13H16N4O4S/c1-13(2,12(19)20)17-5-8(4-14-17)15-11(18)9-7-22-10(16-9)6-21-3/h4-5,7H,6H2,1-3H3,(H,15,18)(H,19,20). The highest BCUT2D eigenvalue weighted by atomic mass is 32.1. The zero-order valence-electron chi connectivity index (χ0n) is 12.4. The number of nitrogens with zero attached hydrogens (tertiary/aromatic N) is 3. The molecule has 0 aromatic carbocycles. The molecule has 0 unspecified atom stereocenters. The number of ether oxygens (including phenoxy) is 1. The molecule has 0 radical (unpaired) electrons. The fourth-order valence-corrected chi connectivity index (χ4v) is 2.34. The van der Waals surface area contributed by atoms with Crippen molar-refractivity contribution in [3.8, 4) is 0 Å². The number of aromatic nitrogens is 3. The summed E-state index contributed by atoms with van der Waals surface area (Å²) in [4.78, 5) is 27.4. The molecule has 22 heavy (non-hydrogen) atoms. The second-order valence-corrected chi connectivity index (χ2v) is 5.99. The minimum absolute atomic E-state index is 0.280. The second-order valence-electron chi connectivity index (χ2n) is 5.05. The smallest absolute Gasteiger partial charge is 0.331 e. The summed E-state index contributed by atoms with van der Waals surface area (Å²) in [5, 5.41) is 18.1. The van der Waals surface area contributed by atoms with E-state index in [0.29, 0.717) is 17.3 Å². The van der Waals surface area contributed by atoms with E-state index >= 15 is 0 Å². The summed E-state index contributed by atoms with van der Waals surface area (Å²) >= 11 is 1.33. The molecule has 0 atom stereocenters. The number of anilines is 1. The number of carboxylic acids is 1. The van der Waals surface area contributed by atoms with Crippen LogP contribution in [0.3, 0.4) is 0 Å². The van der Waals surface area contributed by atoms with Gasteiger partial charge >= 0.3 is 5.97 Å². The van der Waals surface area contributed by atoms with Crippen molar-refractivity contribution in [3.05, 3.63) is 28.5 Å². The fraction of sp³-hybridized carbons (Fsp3) is 0.385. The van der Waals surface area contributed by atoms with Gasteiger partial charge in [-0.25, -0.2) is 9.78 Å². The van der Waals surface area contributed by atoms with Crippen LogP contribution in [0.5, 0.6) is 0 Å². The predicted molar refractivity (Wildman–Crippen MR) is 80.0 cm³/mol. The minimum Gasteiger partial charge on any atom is -0.479 e. The van der Waals surface area contributed by atoms with Crippen LogP contribution in [0, 0.1) is 0 Å². The normalized spacial score (nSPS) is 11.4. The molecule has 0 saturated carbocycles. The number of carbonyl (C=O) groups excluding carboxylic acids is 1. The van der Waals surface area contributed by atoms with Gasteiger partial charge in [0.25, 0.3) is 5.91 Å². The van der Waals surface area contributed by atoms with E-state index < -0.39 is 11.5 Å². The molecule has 118 valence electrons. The number of carboxylic acid groups (broad SMARTS) is 1. The van der Waals surface area contributed by atoms with Crippen LogP contribution in [0.4, 0.5) is 5.69 Å². The number of carbonyl (C=O) groups is 2. The Bertz CT molecular complexity index is 692. The lowest BCUT2D eigenvalue weighted by atomic mass is 10.1. The number of thiazole rings is 1. The highest BCUT2D eigenvalue weighted by Gasteiger charge is 2.30. The fourth-order valence-electron chi connectivity index (χ4n) is 1.59. The quantitative estimate of drug-likeness (QED) is 0.835. The van der Waals surface area contributed by atoms with Crippen molar-refractivity contribution in [3.63, 3.8) is 0 Å². The molecular formula is C13H16N4O4S. The molecule has 2 rings (SSSR count). The summed E-state index contributed by atoms with van der Waals surface area (Å²) in [5.74, 6) is -1.40. The van der Waals surface area contributed by atoms with Crippen molar-refractivity contribution >= 4 is 28.9 Å². The SMILES string of the molecule is COCc1nc(C(=O)Nc2cnn(C(C)(C)C(=O)O)c2)cs1. The Morgan fingerprint density at radius 1 is 1.50 bits per heavy atom. The first-order valence-corrected chi connectivity index (χ1v) is 7.26. The lowest BCUT2D eigenvalue weighted by Crippen LogP contribution is -2.35. The number of hydrogen-bond acceptors (Lipinski definition) is 6. The van der Waals surface area contributed by atoms with E-state index in [-0.39, 0.29) is 11.6 Å². The lowest BCUT2D eigenvalue weighted by molar-refractivity contribution is -0.146. The first-order chi connectivity index (χ1) is 10.3. The van der Waals surface area contributed by atoms with Crippen LogP contribution in [0.2, 0.25) is 0 Å². The van der Waals surface area contributed by atoms with Gasteiger partial charge in [-0.05, 0) is 13.8 Å². The Balaban J connectivity index is 2.09. The monoisotopic (exact) mass is 324 g/mol. The van der Waals surface area contributed by atoms with E-state index in [4.69, 9.17) is 9.84 Å². The topological polar surface area (TPSA) is 106 Å². The first kappa shape index (κ1) is 16.1. The van der Waals surface area contributed by atoms with Crippen LogP contribution in [-0.2, 0) is 21.7 Å². The van der Waals surface area contributed by atoms with Crippen molar-refractivity contribution < 1.29 is 19.4 Å². The molecule has 0 fully saturated rings. The van der Waals surface area contributed by atoms with Crippen LogP contribution in [-0.4, -0.2) is 38.9 Å². The Kier molecular flexibility index (Phi) is 4.57. The maximum Gasteiger partial charge on any atom is 0.331 e. The van der Waals surface area contributed by atoms with E-state index in [1.165, 1.54) is 42.3 Å². The zero-order chi connectivity index (χ0) is 16.3. The van der Waals surface area contributed by atoms with Gasteiger partial charge in [0.1, 0.15) is 10.7 Å². The van der Waals surface area contributed by atoms with Crippen molar-refractivity contribution in [2.75, 3.05) is 12.4 Å². The molecule has 2 aromatic rings. The number of hydrogen-bond donors (Lipinski definition) is 2. The van der Waals surface area contributed by atoms with Gasteiger partial charge in [0, 0.05) is 18.7 Å². The highest BCUT2D eigenvalue weighted by Crippen LogP contribution is 2.18.